The number of ketones is 1. The Kier molecular flexibility index (Phi) is 6.27. The van der Waals surface area contributed by atoms with Gasteiger partial charge in [0.15, 0.2) is 0 Å². The van der Waals surface area contributed by atoms with Gasteiger partial charge in [-0.25, -0.2) is 4.99 Å². The molecule has 1 aliphatic carbocycles. The predicted octanol–water partition coefficient (Wildman–Crippen LogP) is 2.97. The van der Waals surface area contributed by atoms with Gasteiger partial charge in [0.05, 0.1) is 6.54 Å². The van der Waals surface area contributed by atoms with Gasteiger partial charge in [-0.15, -0.1) is 0 Å². The zero-order valence-electron chi connectivity index (χ0n) is 14.7. The van der Waals surface area contributed by atoms with Gasteiger partial charge in [0.1, 0.15) is 6.61 Å². The maximum atomic E-state index is 12.6. The van der Waals surface area contributed by atoms with E-state index >= 15 is 0 Å². The Bertz CT molecular complexity index is 475. The third-order valence-corrected chi connectivity index (χ3v) is 5.72. The number of piperidine rings is 1. The van der Waals surface area contributed by atoms with Crippen molar-refractivity contribution in [3.63, 3.8) is 0 Å². The lowest BCUT2D eigenvalue weighted by Crippen LogP contribution is -2.42. The van der Waals surface area contributed by atoms with Gasteiger partial charge in [-0.2, -0.15) is 0 Å². The number of ether oxygens (including phenoxy) is 1. The molecule has 0 aromatic heterocycles. The molecule has 24 heavy (non-hydrogen) atoms. The van der Waals surface area contributed by atoms with Gasteiger partial charge >= 0.3 is 0 Å². The van der Waals surface area contributed by atoms with Crippen LogP contribution in [-0.4, -0.2) is 48.7 Å². The highest BCUT2D eigenvalue weighted by Gasteiger charge is 2.29. The standard InChI is InChI=1S/C19H30N2O3/c22-17(18-20-11-14-24-18)8-4-5-15-9-12-21(13-10-15)19(23)16-6-2-1-3-7-16/h15-16H,1-14H2. The molecule has 5 heteroatoms. The van der Waals surface area contributed by atoms with Crippen LogP contribution < -0.4 is 0 Å². The third-order valence-electron chi connectivity index (χ3n) is 5.72. The van der Waals surface area contributed by atoms with Crippen molar-refractivity contribution in [2.75, 3.05) is 26.2 Å². The van der Waals surface area contributed by atoms with E-state index in [4.69, 9.17) is 4.74 Å². The number of likely N-dealkylation sites (tertiary alicyclic amines) is 1. The van der Waals surface area contributed by atoms with Crippen LogP contribution in [0.3, 0.4) is 0 Å². The molecule has 5 nitrogen and oxygen atoms in total. The SMILES string of the molecule is O=C(CCCC1CCN(C(=O)C2CCCCC2)CC1)C1=NCCO1. The van der Waals surface area contributed by atoms with Crippen LogP contribution in [0.2, 0.25) is 0 Å². The highest BCUT2D eigenvalue weighted by atomic mass is 16.5. The van der Waals surface area contributed by atoms with Gasteiger partial charge < -0.3 is 9.64 Å². The molecule has 0 aromatic rings. The van der Waals surface area contributed by atoms with E-state index < -0.39 is 0 Å². The minimum absolute atomic E-state index is 0.0532. The Morgan fingerprint density at radius 3 is 2.50 bits per heavy atom. The van der Waals surface area contributed by atoms with Crippen LogP contribution >= 0.6 is 0 Å². The number of hydrogen-bond acceptors (Lipinski definition) is 4. The first kappa shape index (κ1) is 17.4. The number of nitrogens with zero attached hydrogens (tertiary/aromatic N) is 2. The van der Waals surface area contributed by atoms with E-state index in [-0.39, 0.29) is 5.78 Å². The maximum Gasteiger partial charge on any atom is 0.253 e. The largest absolute Gasteiger partial charge is 0.473 e. The van der Waals surface area contributed by atoms with Crippen LogP contribution in [-0.2, 0) is 14.3 Å². The van der Waals surface area contributed by atoms with Crippen LogP contribution in [0.25, 0.3) is 0 Å². The van der Waals surface area contributed by atoms with Crippen molar-refractivity contribution in [2.45, 2.75) is 64.2 Å². The second-order valence-corrected chi connectivity index (χ2v) is 7.45. The molecule has 1 saturated heterocycles. The van der Waals surface area contributed by atoms with Gasteiger partial charge in [0.25, 0.3) is 5.90 Å². The van der Waals surface area contributed by atoms with E-state index in [9.17, 15) is 9.59 Å². The van der Waals surface area contributed by atoms with Crippen LogP contribution in [0.5, 0.6) is 0 Å². The number of Topliss-reactive ketones (excluding diaryl/α,β-unsaturated/α-hetero) is 1. The van der Waals surface area contributed by atoms with Crippen molar-refractivity contribution < 1.29 is 14.3 Å². The topological polar surface area (TPSA) is 59.0 Å². The van der Waals surface area contributed by atoms with E-state index in [0.717, 1.165) is 51.6 Å². The Hall–Kier alpha value is -1.39. The third kappa shape index (κ3) is 4.58. The summed E-state index contributed by atoms with van der Waals surface area (Å²) in [6, 6.07) is 0. The molecular formula is C19H30N2O3. The van der Waals surface area contributed by atoms with Crippen LogP contribution in [0.1, 0.15) is 64.2 Å². The van der Waals surface area contributed by atoms with Crippen molar-refractivity contribution in [1.29, 1.82) is 0 Å². The van der Waals surface area contributed by atoms with Gasteiger partial charge in [-0.1, -0.05) is 19.3 Å². The number of amides is 1. The van der Waals surface area contributed by atoms with E-state index in [0.29, 0.717) is 43.2 Å². The first-order valence-corrected chi connectivity index (χ1v) is 9.73. The maximum absolute atomic E-state index is 12.6. The minimum atomic E-state index is 0.0532. The Labute approximate surface area is 144 Å². The summed E-state index contributed by atoms with van der Waals surface area (Å²) in [6.07, 6.45) is 10.6. The summed E-state index contributed by atoms with van der Waals surface area (Å²) in [5, 5.41) is 0. The molecule has 134 valence electrons. The molecule has 1 saturated carbocycles. The fourth-order valence-electron chi connectivity index (χ4n) is 4.21. The first-order chi connectivity index (χ1) is 11.7. The second kappa shape index (κ2) is 8.63. The summed E-state index contributed by atoms with van der Waals surface area (Å²) in [4.78, 5) is 30.6. The normalized spacial score (nSPS) is 23.0. The van der Waals surface area contributed by atoms with Crippen LogP contribution in [0.4, 0.5) is 0 Å². The molecular weight excluding hydrogens is 304 g/mol. The van der Waals surface area contributed by atoms with Gasteiger partial charge in [0, 0.05) is 25.4 Å². The summed E-state index contributed by atoms with van der Waals surface area (Å²) < 4.78 is 5.21. The Balaban J connectivity index is 1.33. The Morgan fingerprint density at radius 2 is 1.83 bits per heavy atom. The highest BCUT2D eigenvalue weighted by Crippen LogP contribution is 2.28. The summed E-state index contributed by atoms with van der Waals surface area (Å²) in [5.74, 6) is 1.74. The molecule has 1 amide bonds. The smallest absolute Gasteiger partial charge is 0.253 e. The molecule has 3 rings (SSSR count). The molecule has 0 radical (unpaired) electrons. The summed E-state index contributed by atoms with van der Waals surface area (Å²) >= 11 is 0. The summed E-state index contributed by atoms with van der Waals surface area (Å²) in [6.45, 7) is 2.98. The lowest BCUT2D eigenvalue weighted by molar-refractivity contribution is -0.138. The number of aliphatic imine (C=N–C) groups is 1. The van der Waals surface area contributed by atoms with Gasteiger partial charge in [-0.3, -0.25) is 9.59 Å². The fourth-order valence-corrected chi connectivity index (χ4v) is 4.21. The van der Waals surface area contributed by atoms with E-state index in [1.165, 1.54) is 19.3 Å². The molecule has 0 atom stereocenters. The van der Waals surface area contributed by atoms with E-state index in [2.05, 4.69) is 9.89 Å². The zero-order valence-corrected chi connectivity index (χ0v) is 14.7. The molecule has 2 aliphatic heterocycles. The second-order valence-electron chi connectivity index (χ2n) is 7.45. The molecule has 0 bridgehead atoms. The highest BCUT2D eigenvalue weighted by molar-refractivity contribution is 6.36. The fraction of sp³-hybridized carbons (Fsp3) is 0.842. The van der Waals surface area contributed by atoms with Crippen molar-refractivity contribution in [3.05, 3.63) is 0 Å². The van der Waals surface area contributed by atoms with Crippen molar-refractivity contribution in [2.24, 2.45) is 16.8 Å². The van der Waals surface area contributed by atoms with E-state index in [1.54, 1.807) is 0 Å². The molecule has 0 spiro atoms. The molecule has 3 aliphatic rings. The minimum Gasteiger partial charge on any atom is -0.473 e. The lowest BCUT2D eigenvalue weighted by Gasteiger charge is -2.35. The van der Waals surface area contributed by atoms with E-state index in [1.807, 2.05) is 0 Å². The number of carbonyl (C=O) groups excluding carboxylic acids is 2. The van der Waals surface area contributed by atoms with Gasteiger partial charge in [0.2, 0.25) is 11.7 Å². The predicted molar refractivity (Wildman–Crippen MR) is 93.0 cm³/mol. The molecule has 0 N–H and O–H groups in total. The number of hydrogen-bond donors (Lipinski definition) is 0. The summed E-state index contributed by atoms with van der Waals surface area (Å²) in [5.41, 5.74) is 0. The van der Waals surface area contributed by atoms with Crippen molar-refractivity contribution >= 4 is 17.6 Å². The van der Waals surface area contributed by atoms with Gasteiger partial charge in [-0.05, 0) is 44.4 Å². The number of rotatable bonds is 6. The molecule has 0 unspecified atom stereocenters. The van der Waals surface area contributed by atoms with Crippen LogP contribution in [0.15, 0.2) is 4.99 Å². The molecule has 0 aromatic carbocycles. The molecule has 2 heterocycles. The average Bonchev–Trinajstić information content (AvgIpc) is 3.17. The molecule has 2 fully saturated rings. The monoisotopic (exact) mass is 334 g/mol. The van der Waals surface area contributed by atoms with Crippen molar-refractivity contribution in [1.82, 2.24) is 4.90 Å². The Morgan fingerprint density at radius 1 is 1.08 bits per heavy atom. The van der Waals surface area contributed by atoms with Crippen LogP contribution in [0, 0.1) is 11.8 Å². The first-order valence-electron chi connectivity index (χ1n) is 9.73. The average molecular weight is 334 g/mol. The summed E-state index contributed by atoms with van der Waals surface area (Å²) in [7, 11) is 0. The lowest BCUT2D eigenvalue weighted by atomic mass is 9.86. The zero-order chi connectivity index (χ0) is 16.8. The number of carbonyl (C=O) groups is 2. The van der Waals surface area contributed by atoms with Crippen molar-refractivity contribution in [3.8, 4) is 0 Å². The quantitative estimate of drug-likeness (QED) is 0.750.